The third-order valence-electron chi connectivity index (χ3n) is 3.69. The van der Waals surface area contributed by atoms with Crippen molar-refractivity contribution in [1.82, 2.24) is 4.98 Å². The van der Waals surface area contributed by atoms with Crippen LogP contribution in [0.4, 0.5) is 5.82 Å². The van der Waals surface area contributed by atoms with Crippen molar-refractivity contribution in [3.63, 3.8) is 0 Å². The van der Waals surface area contributed by atoms with Crippen LogP contribution in [0.15, 0.2) is 41.4 Å². The van der Waals surface area contributed by atoms with Crippen molar-refractivity contribution in [3.05, 3.63) is 36.5 Å². The summed E-state index contributed by atoms with van der Waals surface area (Å²) in [5.41, 5.74) is 7.23. The Morgan fingerprint density at radius 3 is 2.36 bits per heavy atom. The molecule has 8 heteroatoms. The van der Waals surface area contributed by atoms with Crippen molar-refractivity contribution in [3.8, 4) is 11.1 Å². The molecule has 1 aromatic heterocycles. The van der Waals surface area contributed by atoms with Crippen LogP contribution in [-0.4, -0.2) is 35.8 Å². The second kappa shape index (κ2) is 5.38. The highest BCUT2D eigenvalue weighted by atomic mass is 32.2. The van der Waals surface area contributed by atoms with Crippen molar-refractivity contribution < 1.29 is 18.5 Å². The molecule has 1 aliphatic carbocycles. The number of nitrogens with zero attached hydrogens (tertiary/aromatic N) is 1. The fraction of sp³-hybridized carbons (Fsp3) is 0.214. The summed E-state index contributed by atoms with van der Waals surface area (Å²) in [6.07, 6.45) is 2.73. The third kappa shape index (κ3) is 2.72. The van der Waals surface area contributed by atoms with Crippen LogP contribution in [0.25, 0.3) is 11.1 Å². The maximum absolute atomic E-state index is 12.1. The van der Waals surface area contributed by atoms with Gasteiger partial charge in [-0.25, -0.2) is 13.4 Å². The van der Waals surface area contributed by atoms with Crippen LogP contribution in [0.1, 0.15) is 12.8 Å². The van der Waals surface area contributed by atoms with Gasteiger partial charge in [-0.2, -0.15) is 0 Å². The number of hydrogen-bond acceptors (Lipinski definition) is 6. The first-order chi connectivity index (χ1) is 10.4. The van der Waals surface area contributed by atoms with E-state index >= 15 is 0 Å². The lowest BCUT2D eigenvalue weighted by Gasteiger charge is -2.09. The molecule has 1 heterocycles. The summed E-state index contributed by atoms with van der Waals surface area (Å²) in [7, 11) is -4.86. The minimum absolute atomic E-state index is 0.221. The molecule has 3 rings (SSSR count). The number of pyridine rings is 1. The zero-order valence-corrected chi connectivity index (χ0v) is 12.5. The molecule has 6 nitrogen and oxygen atoms in total. The van der Waals surface area contributed by atoms with E-state index in [4.69, 9.17) is 5.73 Å². The molecule has 4 N–H and O–H groups in total. The van der Waals surface area contributed by atoms with Gasteiger partial charge in [0.15, 0.2) is 9.84 Å². The molecule has 0 spiro atoms. The Hall–Kier alpha value is -1.90. The molecule has 1 aliphatic rings. The van der Waals surface area contributed by atoms with Gasteiger partial charge in [-0.15, -0.1) is 0 Å². The first-order valence-corrected chi connectivity index (χ1v) is 8.40. The molecular weight excluding hydrogens is 303 g/mol. The number of benzene rings is 1. The normalized spacial score (nSPS) is 14.8. The molecule has 1 fully saturated rings. The third-order valence-corrected chi connectivity index (χ3v) is 5.97. The maximum Gasteiger partial charge on any atom is 0.490 e. The van der Waals surface area contributed by atoms with Crippen LogP contribution in [0, 0.1) is 0 Å². The van der Waals surface area contributed by atoms with E-state index in [1.807, 2.05) is 0 Å². The molecule has 0 aliphatic heterocycles. The number of aromatic nitrogens is 1. The molecule has 1 aromatic carbocycles. The van der Waals surface area contributed by atoms with Crippen LogP contribution in [0.2, 0.25) is 0 Å². The Morgan fingerprint density at radius 2 is 1.82 bits per heavy atom. The van der Waals surface area contributed by atoms with E-state index in [2.05, 4.69) is 4.98 Å². The summed E-state index contributed by atoms with van der Waals surface area (Å²) in [6.45, 7) is 0. The Bertz CT molecular complexity index is 802. The molecule has 0 atom stereocenters. The standard InChI is InChI=1S/C14H15BN2O4S/c16-14-13(7-10(8-17-14)15(18)19)9-1-3-11(4-2-9)22(20,21)12-5-6-12/h1-4,7-8,12,18-19H,5-6H2,(H2,16,17). The second-order valence-electron chi connectivity index (χ2n) is 5.34. The van der Waals surface area contributed by atoms with E-state index in [1.165, 1.54) is 12.3 Å². The molecule has 1 saturated carbocycles. The Balaban J connectivity index is 1.98. The topological polar surface area (TPSA) is 114 Å². The van der Waals surface area contributed by atoms with Gasteiger partial charge in [-0.1, -0.05) is 12.1 Å². The van der Waals surface area contributed by atoms with Gasteiger partial charge in [0.05, 0.1) is 10.1 Å². The maximum atomic E-state index is 12.1. The van der Waals surface area contributed by atoms with Gasteiger partial charge in [0.25, 0.3) is 0 Å². The summed E-state index contributed by atoms with van der Waals surface area (Å²) in [4.78, 5) is 4.22. The van der Waals surface area contributed by atoms with E-state index in [-0.39, 0.29) is 16.5 Å². The number of nitrogens with two attached hydrogens (primary N) is 1. The van der Waals surface area contributed by atoms with Crippen LogP contribution in [0.5, 0.6) is 0 Å². The Kier molecular flexibility index (Phi) is 3.68. The minimum atomic E-state index is -3.22. The fourth-order valence-electron chi connectivity index (χ4n) is 2.26. The number of rotatable bonds is 4. The monoisotopic (exact) mass is 318 g/mol. The van der Waals surface area contributed by atoms with Crippen LogP contribution in [0.3, 0.4) is 0 Å². The number of anilines is 1. The van der Waals surface area contributed by atoms with Crippen LogP contribution < -0.4 is 11.2 Å². The summed E-state index contributed by atoms with van der Waals surface area (Å²) in [5.74, 6) is 0.238. The molecule has 0 radical (unpaired) electrons. The molecule has 0 unspecified atom stereocenters. The lowest BCUT2D eigenvalue weighted by molar-refractivity contribution is 0.425. The van der Waals surface area contributed by atoms with Gasteiger partial charge in [0, 0.05) is 17.2 Å². The summed E-state index contributed by atoms with van der Waals surface area (Å²) < 4.78 is 24.3. The lowest BCUT2D eigenvalue weighted by atomic mass is 9.80. The van der Waals surface area contributed by atoms with Crippen LogP contribution in [-0.2, 0) is 9.84 Å². The second-order valence-corrected chi connectivity index (χ2v) is 7.57. The quantitative estimate of drug-likeness (QED) is 0.681. The zero-order valence-electron chi connectivity index (χ0n) is 11.7. The van der Waals surface area contributed by atoms with Crippen molar-refractivity contribution >= 4 is 28.2 Å². The smallest absolute Gasteiger partial charge is 0.423 e. The van der Waals surface area contributed by atoms with Crippen molar-refractivity contribution in [2.45, 2.75) is 23.0 Å². The predicted octanol–water partition coefficient (Wildman–Crippen LogP) is -0.0533. The molecule has 0 amide bonds. The Morgan fingerprint density at radius 1 is 1.18 bits per heavy atom. The van der Waals surface area contributed by atoms with Gasteiger partial charge in [0.1, 0.15) is 5.82 Å². The predicted molar refractivity (Wildman–Crippen MR) is 84.1 cm³/mol. The van der Waals surface area contributed by atoms with E-state index in [1.54, 1.807) is 24.3 Å². The highest BCUT2D eigenvalue weighted by molar-refractivity contribution is 7.92. The average Bonchev–Trinajstić information content (AvgIpc) is 3.32. The van der Waals surface area contributed by atoms with E-state index in [0.717, 1.165) is 12.8 Å². The van der Waals surface area contributed by atoms with E-state index < -0.39 is 17.0 Å². The lowest BCUT2D eigenvalue weighted by Crippen LogP contribution is -2.30. The molecule has 0 bridgehead atoms. The van der Waals surface area contributed by atoms with E-state index in [0.29, 0.717) is 16.0 Å². The van der Waals surface area contributed by atoms with Crippen molar-refractivity contribution in [1.29, 1.82) is 0 Å². The van der Waals surface area contributed by atoms with Crippen molar-refractivity contribution in [2.75, 3.05) is 5.73 Å². The molecule has 22 heavy (non-hydrogen) atoms. The first kappa shape index (κ1) is 15.0. The molecule has 0 saturated heterocycles. The highest BCUT2D eigenvalue weighted by Crippen LogP contribution is 2.34. The summed E-state index contributed by atoms with van der Waals surface area (Å²) in [6, 6.07) is 7.92. The largest absolute Gasteiger partial charge is 0.490 e. The fourth-order valence-corrected chi connectivity index (χ4v) is 3.92. The van der Waals surface area contributed by atoms with E-state index in [9.17, 15) is 18.5 Å². The first-order valence-electron chi connectivity index (χ1n) is 6.85. The SMILES string of the molecule is Nc1ncc(B(O)O)cc1-c1ccc(S(=O)(=O)C2CC2)cc1. The van der Waals surface area contributed by atoms with Crippen LogP contribution >= 0.6 is 0 Å². The Labute approximate surface area is 128 Å². The van der Waals surface area contributed by atoms with Gasteiger partial charge in [-0.05, 0) is 36.6 Å². The average molecular weight is 318 g/mol. The minimum Gasteiger partial charge on any atom is -0.423 e. The molecule has 2 aromatic rings. The molecule has 114 valence electrons. The van der Waals surface area contributed by atoms with Gasteiger partial charge in [-0.3, -0.25) is 0 Å². The highest BCUT2D eigenvalue weighted by Gasteiger charge is 2.36. The number of sulfone groups is 1. The zero-order chi connectivity index (χ0) is 15.9. The molecular formula is C14H15BN2O4S. The van der Waals surface area contributed by atoms with Gasteiger partial charge in [0.2, 0.25) is 0 Å². The van der Waals surface area contributed by atoms with Gasteiger partial charge >= 0.3 is 7.12 Å². The number of hydrogen-bond donors (Lipinski definition) is 3. The van der Waals surface area contributed by atoms with Crippen molar-refractivity contribution in [2.24, 2.45) is 0 Å². The van der Waals surface area contributed by atoms with Gasteiger partial charge < -0.3 is 15.8 Å². The number of nitrogen functional groups attached to an aromatic ring is 1. The summed E-state index contributed by atoms with van der Waals surface area (Å²) >= 11 is 0. The summed E-state index contributed by atoms with van der Waals surface area (Å²) in [5, 5.41) is 18.1.